The van der Waals surface area contributed by atoms with E-state index >= 15 is 0 Å². The maximum absolute atomic E-state index is 12.3. The van der Waals surface area contributed by atoms with Gasteiger partial charge >= 0.3 is 12.3 Å². The molecule has 0 fully saturated rings. The van der Waals surface area contributed by atoms with Crippen LogP contribution in [0.15, 0.2) is 48.0 Å². The minimum absolute atomic E-state index is 0.0359. The molecule has 0 radical (unpaired) electrons. The van der Waals surface area contributed by atoms with Gasteiger partial charge in [-0.05, 0) is 47.4 Å². The van der Waals surface area contributed by atoms with E-state index in [0.717, 1.165) is 12.1 Å². The van der Waals surface area contributed by atoms with E-state index < -0.39 is 23.0 Å². The number of alkyl halides is 3. The van der Waals surface area contributed by atoms with Crippen molar-refractivity contribution in [1.29, 1.82) is 0 Å². The van der Waals surface area contributed by atoms with E-state index in [1.807, 2.05) is 0 Å². The first-order chi connectivity index (χ1) is 12.6. The number of carboxylic acid groups (broad SMARTS) is 1. The number of nitro benzene ring substituents is 1. The van der Waals surface area contributed by atoms with Crippen molar-refractivity contribution in [3.05, 3.63) is 63.7 Å². The molecular weight excluding hydrogens is 367 g/mol. The highest BCUT2D eigenvalue weighted by Crippen LogP contribution is 2.32. The van der Waals surface area contributed by atoms with Crippen LogP contribution in [0, 0.1) is 10.1 Å². The van der Waals surface area contributed by atoms with Gasteiger partial charge in [-0.25, -0.2) is 4.79 Å². The average molecular weight is 381 g/mol. The Morgan fingerprint density at radius 2 is 1.85 bits per heavy atom. The fourth-order valence-corrected chi connectivity index (χ4v) is 2.38. The number of hydrogen-bond donors (Lipinski definition) is 1. The van der Waals surface area contributed by atoms with Gasteiger partial charge in [0.1, 0.15) is 5.75 Å². The van der Waals surface area contributed by atoms with Gasteiger partial charge in [0, 0.05) is 17.7 Å². The van der Waals surface area contributed by atoms with Crippen molar-refractivity contribution in [3.63, 3.8) is 0 Å². The van der Waals surface area contributed by atoms with E-state index in [1.165, 1.54) is 36.4 Å². The Balaban J connectivity index is 2.52. The Kier molecular flexibility index (Phi) is 5.84. The van der Waals surface area contributed by atoms with Crippen LogP contribution in [-0.4, -0.2) is 22.4 Å². The zero-order valence-electron chi connectivity index (χ0n) is 14.0. The van der Waals surface area contributed by atoms with Crippen LogP contribution >= 0.6 is 0 Å². The molecule has 0 aliphatic carbocycles. The Morgan fingerprint density at radius 3 is 2.33 bits per heavy atom. The number of non-ortho nitro benzene ring substituents is 1. The van der Waals surface area contributed by atoms with Crippen LogP contribution in [0.5, 0.6) is 5.75 Å². The van der Waals surface area contributed by atoms with Crippen molar-refractivity contribution >= 4 is 17.7 Å². The Hall–Kier alpha value is -3.36. The fraction of sp³-hybridized carbons (Fsp3) is 0.167. The summed E-state index contributed by atoms with van der Waals surface area (Å²) in [5.41, 5.74) is 0.961. The SMILES string of the molecule is CCC(=Cc1cc([N+](=O)[O-])ccc1-c1ccc(OC(F)(F)F)cc1)C(=O)O. The van der Waals surface area contributed by atoms with Crippen molar-refractivity contribution in [2.75, 3.05) is 0 Å². The summed E-state index contributed by atoms with van der Waals surface area (Å²) in [6, 6.07) is 8.79. The molecule has 27 heavy (non-hydrogen) atoms. The minimum atomic E-state index is -4.82. The van der Waals surface area contributed by atoms with Crippen molar-refractivity contribution in [1.82, 2.24) is 0 Å². The summed E-state index contributed by atoms with van der Waals surface area (Å²) in [6.45, 7) is 1.63. The highest BCUT2D eigenvalue weighted by molar-refractivity contribution is 5.94. The standard InChI is InChI=1S/C18H14F3NO5/c1-2-11(17(23)24)9-13-10-14(22(25)26)5-8-16(13)12-3-6-15(7-4-12)27-18(19,20)21/h3-10H,2H2,1H3,(H,23,24). The number of hydrogen-bond acceptors (Lipinski definition) is 4. The Morgan fingerprint density at radius 1 is 1.22 bits per heavy atom. The number of benzene rings is 2. The third kappa shape index (κ3) is 5.30. The molecule has 0 saturated carbocycles. The third-order valence-corrected chi connectivity index (χ3v) is 3.63. The first-order valence-electron chi connectivity index (χ1n) is 7.69. The molecule has 0 atom stereocenters. The zero-order chi connectivity index (χ0) is 20.2. The highest BCUT2D eigenvalue weighted by atomic mass is 19.4. The molecule has 2 rings (SSSR count). The minimum Gasteiger partial charge on any atom is -0.478 e. The molecule has 0 saturated heterocycles. The van der Waals surface area contributed by atoms with Crippen molar-refractivity contribution < 1.29 is 32.7 Å². The number of halogens is 3. The summed E-state index contributed by atoms with van der Waals surface area (Å²) in [4.78, 5) is 21.6. The first-order valence-corrected chi connectivity index (χ1v) is 7.69. The molecule has 1 N–H and O–H groups in total. The highest BCUT2D eigenvalue weighted by Gasteiger charge is 2.31. The van der Waals surface area contributed by atoms with Crippen LogP contribution in [-0.2, 0) is 4.79 Å². The smallest absolute Gasteiger partial charge is 0.478 e. The number of aliphatic carboxylic acids is 1. The van der Waals surface area contributed by atoms with Crippen LogP contribution in [0.2, 0.25) is 0 Å². The molecule has 0 unspecified atom stereocenters. The van der Waals surface area contributed by atoms with Gasteiger partial charge in [-0.3, -0.25) is 10.1 Å². The molecule has 142 valence electrons. The monoisotopic (exact) mass is 381 g/mol. The molecule has 2 aromatic rings. The summed E-state index contributed by atoms with van der Waals surface area (Å²) in [5.74, 6) is -1.58. The van der Waals surface area contributed by atoms with Crippen LogP contribution in [0.3, 0.4) is 0 Å². The van der Waals surface area contributed by atoms with Crippen LogP contribution in [0.25, 0.3) is 17.2 Å². The van der Waals surface area contributed by atoms with Gasteiger partial charge in [0.2, 0.25) is 0 Å². The lowest BCUT2D eigenvalue weighted by molar-refractivity contribution is -0.384. The second kappa shape index (κ2) is 7.90. The van der Waals surface area contributed by atoms with Crippen molar-refractivity contribution in [2.24, 2.45) is 0 Å². The molecule has 0 spiro atoms. The van der Waals surface area contributed by atoms with E-state index in [-0.39, 0.29) is 23.2 Å². The topological polar surface area (TPSA) is 89.7 Å². The molecule has 0 aliphatic heterocycles. The van der Waals surface area contributed by atoms with Crippen LogP contribution in [0.1, 0.15) is 18.9 Å². The quantitative estimate of drug-likeness (QED) is 0.430. The number of carboxylic acids is 1. The van der Waals surface area contributed by atoms with Gasteiger partial charge in [-0.15, -0.1) is 13.2 Å². The van der Waals surface area contributed by atoms with Gasteiger partial charge in [0.05, 0.1) is 4.92 Å². The van der Waals surface area contributed by atoms with Gasteiger partial charge in [0.25, 0.3) is 5.69 Å². The second-order valence-corrected chi connectivity index (χ2v) is 5.43. The summed E-state index contributed by atoms with van der Waals surface area (Å²) in [6.07, 6.45) is -3.32. The zero-order valence-corrected chi connectivity index (χ0v) is 14.0. The molecular formula is C18H14F3NO5. The molecule has 0 bridgehead atoms. The third-order valence-electron chi connectivity index (χ3n) is 3.63. The largest absolute Gasteiger partial charge is 0.573 e. The average Bonchev–Trinajstić information content (AvgIpc) is 2.58. The van der Waals surface area contributed by atoms with E-state index in [0.29, 0.717) is 11.1 Å². The number of rotatable bonds is 6. The van der Waals surface area contributed by atoms with E-state index in [1.54, 1.807) is 6.92 Å². The summed E-state index contributed by atoms with van der Waals surface area (Å²) < 4.78 is 40.6. The second-order valence-electron chi connectivity index (χ2n) is 5.43. The van der Waals surface area contributed by atoms with Gasteiger partial charge in [-0.2, -0.15) is 0 Å². The molecule has 0 heterocycles. The van der Waals surface area contributed by atoms with Crippen molar-refractivity contribution in [2.45, 2.75) is 19.7 Å². The number of ether oxygens (including phenoxy) is 1. The summed E-state index contributed by atoms with van der Waals surface area (Å²) in [5, 5.41) is 20.2. The molecule has 2 aromatic carbocycles. The lowest BCUT2D eigenvalue weighted by atomic mass is 9.96. The van der Waals surface area contributed by atoms with Gasteiger partial charge < -0.3 is 9.84 Å². The lowest BCUT2D eigenvalue weighted by Gasteiger charge is -2.11. The van der Waals surface area contributed by atoms with Crippen molar-refractivity contribution in [3.8, 4) is 16.9 Å². The van der Waals surface area contributed by atoms with Crippen LogP contribution in [0.4, 0.5) is 18.9 Å². The number of nitrogens with zero attached hydrogens (tertiary/aromatic N) is 1. The molecule has 9 heteroatoms. The van der Waals surface area contributed by atoms with Gasteiger partial charge in [-0.1, -0.05) is 19.1 Å². The van der Waals surface area contributed by atoms with Gasteiger partial charge in [0.15, 0.2) is 0 Å². The Bertz CT molecular complexity index is 889. The predicted molar refractivity (Wildman–Crippen MR) is 91.1 cm³/mol. The number of carbonyl (C=O) groups is 1. The normalized spacial score (nSPS) is 11.9. The maximum atomic E-state index is 12.3. The summed E-state index contributed by atoms with van der Waals surface area (Å²) >= 11 is 0. The predicted octanol–water partition coefficient (Wildman–Crippen LogP) is 5.04. The summed E-state index contributed by atoms with van der Waals surface area (Å²) in [7, 11) is 0. The fourth-order valence-electron chi connectivity index (χ4n) is 2.38. The molecule has 0 amide bonds. The van der Waals surface area contributed by atoms with E-state index in [9.17, 15) is 33.2 Å². The molecule has 0 aliphatic rings. The Labute approximate surface area is 151 Å². The molecule has 6 nitrogen and oxygen atoms in total. The molecule has 0 aromatic heterocycles. The van der Waals surface area contributed by atoms with Crippen LogP contribution < -0.4 is 4.74 Å². The number of nitro groups is 1. The van der Waals surface area contributed by atoms with E-state index in [4.69, 9.17) is 0 Å². The lowest BCUT2D eigenvalue weighted by Crippen LogP contribution is -2.16. The maximum Gasteiger partial charge on any atom is 0.573 e. The first kappa shape index (κ1) is 20.0. The van der Waals surface area contributed by atoms with E-state index in [2.05, 4.69) is 4.74 Å².